The fraction of sp³-hybridized carbons (Fsp3) is 0.0645. The van der Waals surface area contributed by atoms with Crippen LogP contribution in [0, 0.1) is 0 Å². The van der Waals surface area contributed by atoms with Gasteiger partial charge in [-0.05, 0) is 83.4 Å². The van der Waals surface area contributed by atoms with Crippen molar-refractivity contribution in [3.8, 4) is 11.5 Å². The molecule has 0 spiro atoms. The summed E-state index contributed by atoms with van der Waals surface area (Å²) < 4.78 is 13.6. The smallest absolute Gasteiger partial charge is 0.335 e. The number of carbonyl (C=O) groups is 3. The largest absolute Gasteiger partial charge is 0.489 e. The molecule has 0 atom stereocenters. The van der Waals surface area contributed by atoms with E-state index in [4.69, 9.17) is 9.47 Å². The SMILES string of the molecule is O=C1NC(=O)N(c2ccc(OCc3ccc(Br)cc3)cc2)C(=O)/C1=C/c1ccc(OCc2ccc(Br)cc2)cc1. The molecule has 1 fully saturated rings. The van der Waals surface area contributed by atoms with E-state index in [1.165, 1.54) is 6.08 Å². The summed E-state index contributed by atoms with van der Waals surface area (Å²) in [5, 5.41) is 2.24. The average Bonchev–Trinajstić information content (AvgIpc) is 2.96. The van der Waals surface area contributed by atoms with Crippen molar-refractivity contribution >= 4 is 61.5 Å². The van der Waals surface area contributed by atoms with E-state index in [1.807, 2.05) is 48.5 Å². The average molecular weight is 662 g/mol. The highest BCUT2D eigenvalue weighted by atomic mass is 79.9. The quantitative estimate of drug-likeness (QED) is 0.162. The molecule has 200 valence electrons. The van der Waals surface area contributed by atoms with Crippen LogP contribution in [0.1, 0.15) is 16.7 Å². The lowest BCUT2D eigenvalue weighted by atomic mass is 10.1. The van der Waals surface area contributed by atoms with E-state index < -0.39 is 17.8 Å². The monoisotopic (exact) mass is 660 g/mol. The second kappa shape index (κ2) is 12.3. The third kappa shape index (κ3) is 6.67. The van der Waals surface area contributed by atoms with Gasteiger partial charge in [0.1, 0.15) is 30.3 Å². The van der Waals surface area contributed by atoms with E-state index in [9.17, 15) is 14.4 Å². The Kier molecular flexibility index (Phi) is 8.42. The van der Waals surface area contributed by atoms with Crippen molar-refractivity contribution in [3.63, 3.8) is 0 Å². The topological polar surface area (TPSA) is 84.9 Å². The number of halogens is 2. The third-order valence-corrected chi connectivity index (χ3v) is 7.08. The molecule has 5 rings (SSSR count). The van der Waals surface area contributed by atoms with Crippen molar-refractivity contribution in [2.45, 2.75) is 13.2 Å². The molecule has 1 heterocycles. The van der Waals surface area contributed by atoms with Crippen molar-refractivity contribution in [3.05, 3.63) is 128 Å². The van der Waals surface area contributed by atoms with Crippen molar-refractivity contribution < 1.29 is 23.9 Å². The molecule has 7 nitrogen and oxygen atoms in total. The number of urea groups is 1. The Hall–Kier alpha value is -4.21. The van der Waals surface area contributed by atoms with Gasteiger partial charge in [-0.2, -0.15) is 0 Å². The molecule has 0 bridgehead atoms. The summed E-state index contributed by atoms with van der Waals surface area (Å²) in [6, 6.07) is 28.3. The van der Waals surface area contributed by atoms with Gasteiger partial charge in [0, 0.05) is 8.95 Å². The van der Waals surface area contributed by atoms with E-state index in [1.54, 1.807) is 48.5 Å². The number of rotatable bonds is 8. The maximum atomic E-state index is 13.2. The highest BCUT2D eigenvalue weighted by molar-refractivity contribution is 9.10. The van der Waals surface area contributed by atoms with Crippen molar-refractivity contribution in [1.29, 1.82) is 0 Å². The zero-order valence-electron chi connectivity index (χ0n) is 21.0. The number of ether oxygens (including phenoxy) is 2. The fourth-order valence-corrected chi connectivity index (χ4v) is 4.43. The molecule has 0 saturated carbocycles. The van der Waals surface area contributed by atoms with Crippen LogP contribution in [0.4, 0.5) is 10.5 Å². The lowest BCUT2D eigenvalue weighted by Crippen LogP contribution is -2.54. The molecule has 9 heteroatoms. The normalized spacial score (nSPS) is 14.3. The molecular weight excluding hydrogens is 640 g/mol. The summed E-state index contributed by atoms with van der Waals surface area (Å²) in [6.07, 6.45) is 1.45. The number of benzene rings is 4. The van der Waals surface area contributed by atoms with Gasteiger partial charge in [0.25, 0.3) is 11.8 Å². The zero-order chi connectivity index (χ0) is 28.1. The number of amides is 4. The standard InChI is InChI=1S/C31H22Br2N2O5/c32-23-7-1-21(2-8-23)18-39-26-13-5-20(6-14-26)17-28-29(36)34-31(38)35(30(28)37)25-11-15-27(16-12-25)40-19-22-3-9-24(33)10-4-22/h1-17H,18-19H2,(H,34,36,38)/b28-17+. The second-order valence-corrected chi connectivity index (χ2v) is 10.7. The predicted molar refractivity (Wildman–Crippen MR) is 159 cm³/mol. The first-order valence-corrected chi connectivity index (χ1v) is 13.8. The molecule has 0 aromatic heterocycles. The Bertz CT molecular complexity index is 1570. The molecule has 1 aliphatic heterocycles. The van der Waals surface area contributed by atoms with Crippen LogP contribution in [-0.2, 0) is 22.8 Å². The first-order valence-electron chi connectivity index (χ1n) is 12.2. The maximum Gasteiger partial charge on any atom is 0.335 e. The van der Waals surface area contributed by atoms with Crippen molar-refractivity contribution in [1.82, 2.24) is 5.32 Å². The Morgan fingerprint density at radius 3 is 1.62 bits per heavy atom. The van der Waals surface area contributed by atoms with Gasteiger partial charge in [0.2, 0.25) is 0 Å². The minimum atomic E-state index is -0.813. The highest BCUT2D eigenvalue weighted by Crippen LogP contribution is 2.25. The Balaban J connectivity index is 1.25. The molecule has 40 heavy (non-hydrogen) atoms. The van der Waals surface area contributed by atoms with Crippen LogP contribution in [0.15, 0.2) is 112 Å². The number of hydrogen-bond donors (Lipinski definition) is 1. The lowest BCUT2D eigenvalue weighted by molar-refractivity contribution is -0.122. The summed E-state index contributed by atoms with van der Waals surface area (Å²) in [4.78, 5) is 39.3. The minimum Gasteiger partial charge on any atom is -0.489 e. The minimum absolute atomic E-state index is 0.154. The van der Waals surface area contributed by atoms with E-state index in [0.29, 0.717) is 36.0 Å². The van der Waals surface area contributed by atoms with Gasteiger partial charge >= 0.3 is 6.03 Å². The van der Waals surface area contributed by atoms with Crippen LogP contribution in [0.2, 0.25) is 0 Å². The maximum absolute atomic E-state index is 13.2. The van der Waals surface area contributed by atoms with E-state index in [2.05, 4.69) is 37.2 Å². The Morgan fingerprint density at radius 1 is 0.650 bits per heavy atom. The van der Waals surface area contributed by atoms with Gasteiger partial charge in [0.15, 0.2) is 0 Å². The fourth-order valence-electron chi connectivity index (χ4n) is 3.90. The third-order valence-electron chi connectivity index (χ3n) is 6.03. The number of barbiturate groups is 1. The summed E-state index contributed by atoms with van der Waals surface area (Å²) in [6.45, 7) is 0.769. The van der Waals surface area contributed by atoms with Gasteiger partial charge in [0.05, 0.1) is 5.69 Å². The number of nitrogens with one attached hydrogen (secondary N) is 1. The molecule has 4 aromatic carbocycles. The van der Waals surface area contributed by atoms with Gasteiger partial charge in [-0.25, -0.2) is 9.69 Å². The molecule has 0 aliphatic carbocycles. The van der Waals surface area contributed by atoms with E-state index in [-0.39, 0.29) is 5.57 Å². The van der Waals surface area contributed by atoms with Crippen LogP contribution in [0.3, 0.4) is 0 Å². The number of hydrogen-bond acceptors (Lipinski definition) is 5. The number of carbonyl (C=O) groups excluding carboxylic acids is 3. The van der Waals surface area contributed by atoms with Gasteiger partial charge < -0.3 is 9.47 Å². The first kappa shape index (κ1) is 27.4. The molecule has 4 amide bonds. The number of imide groups is 2. The molecule has 1 aliphatic rings. The molecular formula is C31H22Br2N2O5. The summed E-state index contributed by atoms with van der Waals surface area (Å²) >= 11 is 6.81. The lowest BCUT2D eigenvalue weighted by Gasteiger charge is -2.26. The Labute approximate surface area is 247 Å². The summed E-state index contributed by atoms with van der Waals surface area (Å²) in [5.41, 5.74) is 2.79. The predicted octanol–water partition coefficient (Wildman–Crippen LogP) is 7.04. The van der Waals surface area contributed by atoms with Crippen molar-refractivity contribution in [2.24, 2.45) is 0 Å². The van der Waals surface area contributed by atoms with Gasteiger partial charge in [-0.3, -0.25) is 14.9 Å². The summed E-state index contributed by atoms with van der Waals surface area (Å²) in [5.74, 6) is -0.251. The van der Waals surface area contributed by atoms with Crippen LogP contribution in [0.5, 0.6) is 11.5 Å². The Morgan fingerprint density at radius 2 is 1.12 bits per heavy atom. The van der Waals surface area contributed by atoms with E-state index >= 15 is 0 Å². The highest BCUT2D eigenvalue weighted by Gasteiger charge is 2.36. The second-order valence-electron chi connectivity index (χ2n) is 8.85. The summed E-state index contributed by atoms with van der Waals surface area (Å²) in [7, 11) is 0. The molecule has 0 unspecified atom stereocenters. The first-order chi connectivity index (χ1) is 19.4. The molecule has 1 saturated heterocycles. The van der Waals surface area contributed by atoms with Gasteiger partial charge in [-0.1, -0.05) is 68.3 Å². The van der Waals surface area contributed by atoms with Crippen LogP contribution < -0.4 is 19.7 Å². The molecule has 4 aromatic rings. The number of anilines is 1. The molecule has 1 N–H and O–H groups in total. The van der Waals surface area contributed by atoms with Crippen LogP contribution in [-0.4, -0.2) is 17.8 Å². The number of nitrogens with zero attached hydrogens (tertiary/aromatic N) is 1. The van der Waals surface area contributed by atoms with Crippen molar-refractivity contribution in [2.75, 3.05) is 4.90 Å². The molecule has 0 radical (unpaired) electrons. The van der Waals surface area contributed by atoms with Crippen LogP contribution in [0.25, 0.3) is 6.08 Å². The van der Waals surface area contributed by atoms with E-state index in [0.717, 1.165) is 25.0 Å². The zero-order valence-corrected chi connectivity index (χ0v) is 24.1. The van der Waals surface area contributed by atoms with Gasteiger partial charge in [-0.15, -0.1) is 0 Å². The van der Waals surface area contributed by atoms with Crippen LogP contribution >= 0.6 is 31.9 Å².